The van der Waals surface area contributed by atoms with Crippen molar-refractivity contribution in [3.05, 3.63) is 60.2 Å². The van der Waals surface area contributed by atoms with E-state index in [2.05, 4.69) is 17.4 Å². The lowest BCUT2D eigenvalue weighted by Crippen LogP contribution is -2.52. The molecule has 2 unspecified atom stereocenters. The Balaban J connectivity index is 1.31. The first-order valence-electron chi connectivity index (χ1n) is 8.29. The highest BCUT2D eigenvalue weighted by molar-refractivity contribution is 5.75. The highest BCUT2D eigenvalue weighted by atomic mass is 16.6. The van der Waals surface area contributed by atoms with Crippen LogP contribution in [0.3, 0.4) is 0 Å². The van der Waals surface area contributed by atoms with Gasteiger partial charge in [-0.2, -0.15) is 0 Å². The first-order valence-corrected chi connectivity index (χ1v) is 8.29. The molecule has 4 rings (SSSR count). The average molecular weight is 324 g/mol. The van der Waals surface area contributed by atoms with Crippen LogP contribution in [-0.2, 0) is 0 Å². The number of carbonyl (C=O) groups is 1. The van der Waals surface area contributed by atoms with Gasteiger partial charge in [0.1, 0.15) is 6.61 Å². The van der Waals surface area contributed by atoms with E-state index in [1.54, 1.807) is 0 Å². The second-order valence-electron chi connectivity index (χ2n) is 6.09. The Kier molecular flexibility index (Phi) is 3.99. The molecule has 1 N–H and O–H groups in total. The van der Waals surface area contributed by atoms with Crippen LogP contribution in [0.4, 0.5) is 4.79 Å². The number of nitrogens with zero attached hydrogens (tertiary/aromatic N) is 1. The molecule has 2 atom stereocenters. The standard InChI is InChI=1S/C19H20N2O3/c22-19(21-11-10-16(21)14-6-2-1-3-7-14)20-12-15-13-23-17-8-4-5-9-18(17)24-15/h1-9,15-16H,10-13H2,(H,20,22). The van der Waals surface area contributed by atoms with Gasteiger partial charge in [-0.1, -0.05) is 42.5 Å². The van der Waals surface area contributed by atoms with Crippen molar-refractivity contribution < 1.29 is 14.3 Å². The van der Waals surface area contributed by atoms with Crippen molar-refractivity contribution in [1.29, 1.82) is 0 Å². The third-order valence-corrected chi connectivity index (χ3v) is 4.51. The van der Waals surface area contributed by atoms with Gasteiger partial charge in [-0.3, -0.25) is 0 Å². The number of amides is 2. The zero-order chi connectivity index (χ0) is 16.4. The molecule has 0 bridgehead atoms. The highest BCUT2D eigenvalue weighted by Crippen LogP contribution is 2.33. The van der Waals surface area contributed by atoms with Crippen LogP contribution in [0, 0.1) is 0 Å². The Morgan fingerprint density at radius 3 is 2.58 bits per heavy atom. The molecule has 24 heavy (non-hydrogen) atoms. The van der Waals surface area contributed by atoms with Crippen LogP contribution in [0.1, 0.15) is 18.0 Å². The van der Waals surface area contributed by atoms with E-state index >= 15 is 0 Å². The summed E-state index contributed by atoms with van der Waals surface area (Å²) in [4.78, 5) is 14.3. The fourth-order valence-corrected chi connectivity index (χ4v) is 3.12. The van der Waals surface area contributed by atoms with E-state index in [4.69, 9.17) is 9.47 Å². The summed E-state index contributed by atoms with van der Waals surface area (Å²) in [5.41, 5.74) is 1.19. The maximum Gasteiger partial charge on any atom is 0.318 e. The monoisotopic (exact) mass is 324 g/mol. The van der Waals surface area contributed by atoms with Crippen molar-refractivity contribution in [3.63, 3.8) is 0 Å². The van der Waals surface area contributed by atoms with E-state index in [1.165, 1.54) is 5.56 Å². The summed E-state index contributed by atoms with van der Waals surface area (Å²) >= 11 is 0. The molecule has 2 aromatic carbocycles. The number of likely N-dealkylation sites (tertiary alicyclic amines) is 1. The smallest absolute Gasteiger partial charge is 0.318 e. The third-order valence-electron chi connectivity index (χ3n) is 4.51. The number of hydrogen-bond acceptors (Lipinski definition) is 3. The van der Waals surface area contributed by atoms with E-state index in [0.29, 0.717) is 13.2 Å². The Hall–Kier alpha value is -2.69. The Morgan fingerprint density at radius 1 is 1.08 bits per heavy atom. The zero-order valence-corrected chi connectivity index (χ0v) is 13.4. The van der Waals surface area contributed by atoms with Gasteiger partial charge in [0, 0.05) is 6.54 Å². The van der Waals surface area contributed by atoms with E-state index in [-0.39, 0.29) is 18.2 Å². The summed E-state index contributed by atoms with van der Waals surface area (Å²) in [6.45, 7) is 1.67. The molecule has 0 radical (unpaired) electrons. The van der Waals surface area contributed by atoms with Gasteiger partial charge in [-0.15, -0.1) is 0 Å². The van der Waals surface area contributed by atoms with Crippen molar-refractivity contribution in [2.75, 3.05) is 19.7 Å². The number of rotatable bonds is 3. The van der Waals surface area contributed by atoms with Gasteiger partial charge in [-0.05, 0) is 24.1 Å². The van der Waals surface area contributed by atoms with E-state index in [9.17, 15) is 4.79 Å². The van der Waals surface area contributed by atoms with Crippen LogP contribution in [0.5, 0.6) is 11.5 Å². The molecule has 0 spiro atoms. The summed E-state index contributed by atoms with van der Waals surface area (Å²) in [7, 11) is 0. The largest absolute Gasteiger partial charge is 0.486 e. The second kappa shape index (κ2) is 6.43. The predicted octanol–water partition coefficient (Wildman–Crippen LogP) is 2.98. The van der Waals surface area contributed by atoms with Crippen molar-refractivity contribution >= 4 is 6.03 Å². The van der Waals surface area contributed by atoms with E-state index < -0.39 is 0 Å². The van der Waals surface area contributed by atoms with Gasteiger partial charge in [0.15, 0.2) is 17.6 Å². The number of ether oxygens (including phenoxy) is 2. The van der Waals surface area contributed by atoms with Crippen molar-refractivity contribution in [2.24, 2.45) is 0 Å². The number of hydrogen-bond donors (Lipinski definition) is 1. The molecule has 0 aliphatic carbocycles. The molecule has 2 aromatic rings. The molecule has 5 heteroatoms. The first kappa shape index (κ1) is 14.9. The van der Waals surface area contributed by atoms with Crippen molar-refractivity contribution in [2.45, 2.75) is 18.6 Å². The fourth-order valence-electron chi connectivity index (χ4n) is 3.12. The zero-order valence-electron chi connectivity index (χ0n) is 13.4. The summed E-state index contributed by atoms with van der Waals surface area (Å²) < 4.78 is 11.5. The summed E-state index contributed by atoms with van der Waals surface area (Å²) in [6.07, 6.45) is 0.841. The van der Waals surface area contributed by atoms with Gasteiger partial charge in [-0.25, -0.2) is 4.79 Å². The lowest BCUT2D eigenvalue weighted by atomic mass is 9.95. The minimum Gasteiger partial charge on any atom is -0.486 e. The van der Waals surface area contributed by atoms with Crippen LogP contribution in [0.25, 0.3) is 0 Å². The van der Waals surface area contributed by atoms with Gasteiger partial charge in [0.05, 0.1) is 12.6 Å². The van der Waals surface area contributed by atoms with Crippen LogP contribution in [0.15, 0.2) is 54.6 Å². The van der Waals surface area contributed by atoms with Gasteiger partial charge in [0.25, 0.3) is 0 Å². The molecule has 0 saturated carbocycles. The van der Waals surface area contributed by atoms with Crippen LogP contribution >= 0.6 is 0 Å². The van der Waals surface area contributed by atoms with E-state index in [0.717, 1.165) is 24.5 Å². The molecule has 2 heterocycles. The number of para-hydroxylation sites is 2. The molecular weight excluding hydrogens is 304 g/mol. The van der Waals surface area contributed by atoms with Crippen LogP contribution in [-0.4, -0.2) is 36.7 Å². The minimum atomic E-state index is -0.166. The minimum absolute atomic E-state index is 0.0439. The molecule has 124 valence electrons. The van der Waals surface area contributed by atoms with Crippen LogP contribution < -0.4 is 14.8 Å². The Bertz CT molecular complexity index is 720. The Morgan fingerprint density at radius 2 is 1.83 bits per heavy atom. The lowest BCUT2D eigenvalue weighted by Gasteiger charge is -2.41. The maximum atomic E-state index is 12.4. The highest BCUT2D eigenvalue weighted by Gasteiger charge is 2.33. The topological polar surface area (TPSA) is 50.8 Å². The normalized spacial score (nSPS) is 21.8. The average Bonchev–Trinajstić information content (AvgIpc) is 2.60. The SMILES string of the molecule is O=C(NCC1COc2ccccc2O1)N1CCC1c1ccccc1. The first-order chi connectivity index (χ1) is 11.8. The number of nitrogens with one attached hydrogen (secondary N) is 1. The fraction of sp³-hybridized carbons (Fsp3) is 0.316. The van der Waals surface area contributed by atoms with Gasteiger partial charge >= 0.3 is 6.03 Å². The molecule has 5 nitrogen and oxygen atoms in total. The van der Waals surface area contributed by atoms with Crippen LogP contribution in [0.2, 0.25) is 0 Å². The summed E-state index contributed by atoms with van der Waals surface area (Å²) in [5, 5.41) is 2.97. The Labute approximate surface area is 141 Å². The molecule has 1 saturated heterocycles. The molecule has 2 aliphatic heterocycles. The van der Waals surface area contributed by atoms with Gasteiger partial charge < -0.3 is 19.7 Å². The van der Waals surface area contributed by atoms with Crippen molar-refractivity contribution in [1.82, 2.24) is 10.2 Å². The molecule has 1 fully saturated rings. The number of fused-ring (bicyclic) bond motifs is 1. The van der Waals surface area contributed by atoms with E-state index in [1.807, 2.05) is 47.4 Å². The number of urea groups is 1. The number of carbonyl (C=O) groups excluding carboxylic acids is 1. The maximum absolute atomic E-state index is 12.4. The molecule has 2 amide bonds. The molecular formula is C19H20N2O3. The predicted molar refractivity (Wildman–Crippen MR) is 90.3 cm³/mol. The van der Waals surface area contributed by atoms with Gasteiger partial charge in [0.2, 0.25) is 0 Å². The quantitative estimate of drug-likeness (QED) is 0.944. The summed E-state index contributed by atoms with van der Waals surface area (Å²) in [6, 6.07) is 17.9. The van der Waals surface area contributed by atoms with Crippen molar-refractivity contribution in [3.8, 4) is 11.5 Å². The third kappa shape index (κ3) is 2.89. The molecule has 2 aliphatic rings. The number of benzene rings is 2. The lowest BCUT2D eigenvalue weighted by molar-refractivity contribution is 0.0824. The summed E-state index contributed by atoms with van der Waals surface area (Å²) in [5.74, 6) is 1.49. The molecule has 0 aromatic heterocycles. The second-order valence-corrected chi connectivity index (χ2v) is 6.09.